The fourth-order valence-corrected chi connectivity index (χ4v) is 3.76. The molecule has 3 aromatic rings. The van der Waals surface area contributed by atoms with Crippen LogP contribution in [0.3, 0.4) is 0 Å². The summed E-state index contributed by atoms with van der Waals surface area (Å²) in [5.74, 6) is 1.69. The maximum Gasteiger partial charge on any atom is 0.258 e. The second-order valence-electron chi connectivity index (χ2n) is 6.02. The Hall–Kier alpha value is -2.54. The molecule has 0 saturated carbocycles. The highest BCUT2D eigenvalue weighted by Gasteiger charge is 2.22. The van der Waals surface area contributed by atoms with Gasteiger partial charge in [-0.05, 0) is 19.9 Å². The van der Waals surface area contributed by atoms with Gasteiger partial charge in [-0.3, -0.25) is 9.20 Å². The molecule has 1 aliphatic heterocycles. The van der Waals surface area contributed by atoms with Crippen molar-refractivity contribution in [1.82, 2.24) is 9.38 Å². The first-order chi connectivity index (χ1) is 12.1. The van der Waals surface area contributed by atoms with Gasteiger partial charge in [-0.2, -0.15) is 0 Å². The summed E-state index contributed by atoms with van der Waals surface area (Å²) >= 11 is 1.44. The largest absolute Gasteiger partial charge is 0.492 e. The number of rotatable bonds is 5. The average molecular weight is 357 g/mol. The molecule has 0 aliphatic carbocycles. The molecule has 0 fully saturated rings. The summed E-state index contributed by atoms with van der Waals surface area (Å²) in [6.45, 7) is 5.05. The van der Waals surface area contributed by atoms with E-state index in [2.05, 4.69) is 17.2 Å². The molecule has 0 unspecified atom stereocenters. The monoisotopic (exact) mass is 357 g/mol. The van der Waals surface area contributed by atoms with E-state index in [1.165, 1.54) is 11.3 Å². The number of anilines is 1. The molecule has 1 aromatic carbocycles. The van der Waals surface area contributed by atoms with E-state index in [0.29, 0.717) is 23.8 Å². The predicted octanol–water partition coefficient (Wildman–Crippen LogP) is 3.09. The predicted molar refractivity (Wildman–Crippen MR) is 98.1 cm³/mol. The van der Waals surface area contributed by atoms with Gasteiger partial charge in [-0.1, -0.05) is 0 Å². The maximum atomic E-state index is 12.1. The van der Waals surface area contributed by atoms with Crippen LogP contribution in [0.4, 0.5) is 5.69 Å². The Morgan fingerprint density at radius 1 is 1.44 bits per heavy atom. The normalized spacial score (nSPS) is 15.8. The van der Waals surface area contributed by atoms with Crippen molar-refractivity contribution >= 4 is 22.0 Å². The van der Waals surface area contributed by atoms with Gasteiger partial charge in [0.05, 0.1) is 24.5 Å². The number of aromatic nitrogens is 2. The highest BCUT2D eigenvalue weighted by atomic mass is 32.1. The second-order valence-corrected chi connectivity index (χ2v) is 6.89. The van der Waals surface area contributed by atoms with Crippen molar-refractivity contribution < 1.29 is 9.47 Å². The van der Waals surface area contributed by atoms with Gasteiger partial charge in [0.1, 0.15) is 17.6 Å². The first-order valence-electron chi connectivity index (χ1n) is 8.30. The quantitative estimate of drug-likeness (QED) is 0.760. The van der Waals surface area contributed by atoms with E-state index in [-0.39, 0.29) is 11.7 Å². The van der Waals surface area contributed by atoms with E-state index >= 15 is 0 Å². The standard InChI is InChI=1S/C18H19N3O3S/c1-3-23-16-7-12-6-11(2)24-15(12)9-14(16)19-10-13-8-17(22)21-4-5-25-18(21)20-13/h4-5,7-9,11,19H,3,6,10H2,1-2H3/t11-/m0/s1. The molecule has 25 heavy (non-hydrogen) atoms. The summed E-state index contributed by atoms with van der Waals surface area (Å²) in [7, 11) is 0. The van der Waals surface area contributed by atoms with E-state index in [1.807, 2.05) is 24.4 Å². The molecule has 1 atom stereocenters. The Kier molecular flexibility index (Phi) is 4.09. The summed E-state index contributed by atoms with van der Waals surface area (Å²) in [5.41, 5.74) is 2.64. The van der Waals surface area contributed by atoms with Crippen LogP contribution >= 0.6 is 11.3 Å². The lowest BCUT2D eigenvalue weighted by molar-refractivity contribution is 0.254. The summed E-state index contributed by atoms with van der Waals surface area (Å²) in [4.78, 5) is 17.3. The van der Waals surface area contributed by atoms with E-state index in [9.17, 15) is 4.79 Å². The third kappa shape index (κ3) is 3.07. The lowest BCUT2D eigenvalue weighted by Gasteiger charge is -2.14. The topological polar surface area (TPSA) is 64.9 Å². The summed E-state index contributed by atoms with van der Waals surface area (Å²) in [5, 5.41) is 5.19. The van der Waals surface area contributed by atoms with Crippen LogP contribution in [0.5, 0.6) is 11.5 Å². The van der Waals surface area contributed by atoms with Crippen LogP contribution in [0.25, 0.3) is 4.96 Å². The van der Waals surface area contributed by atoms with Crippen molar-refractivity contribution in [2.75, 3.05) is 11.9 Å². The van der Waals surface area contributed by atoms with Crippen molar-refractivity contribution in [3.05, 3.63) is 51.4 Å². The fourth-order valence-electron chi connectivity index (χ4n) is 3.02. The average Bonchev–Trinajstić information content (AvgIpc) is 3.18. The molecule has 1 N–H and O–H groups in total. The number of fused-ring (bicyclic) bond motifs is 2. The molecule has 6 nitrogen and oxygen atoms in total. The van der Waals surface area contributed by atoms with Gasteiger partial charge >= 0.3 is 0 Å². The van der Waals surface area contributed by atoms with E-state index in [1.54, 1.807) is 16.7 Å². The molecule has 3 heterocycles. The molecule has 4 rings (SSSR count). The highest BCUT2D eigenvalue weighted by Crippen LogP contribution is 2.38. The molecule has 1 aliphatic rings. The van der Waals surface area contributed by atoms with Crippen molar-refractivity contribution in [2.45, 2.75) is 32.9 Å². The first kappa shape index (κ1) is 16.0. The summed E-state index contributed by atoms with van der Waals surface area (Å²) < 4.78 is 13.1. The molecule has 2 aromatic heterocycles. The number of hydrogen-bond acceptors (Lipinski definition) is 6. The summed E-state index contributed by atoms with van der Waals surface area (Å²) in [6.07, 6.45) is 2.81. The number of benzene rings is 1. The van der Waals surface area contributed by atoms with Crippen LogP contribution in [-0.4, -0.2) is 22.1 Å². The maximum absolute atomic E-state index is 12.1. The third-order valence-corrected chi connectivity index (χ3v) is 4.87. The molecule has 130 valence electrons. The van der Waals surface area contributed by atoms with Crippen LogP contribution in [0.2, 0.25) is 0 Å². The SMILES string of the molecule is CCOc1cc2c(cc1NCc1cc(=O)n3ccsc3n1)O[C@@H](C)C2. The highest BCUT2D eigenvalue weighted by molar-refractivity contribution is 7.15. The van der Waals surface area contributed by atoms with Crippen LogP contribution in [0.1, 0.15) is 25.1 Å². The van der Waals surface area contributed by atoms with Gasteiger partial charge in [0.25, 0.3) is 5.56 Å². The Morgan fingerprint density at radius 3 is 3.16 bits per heavy atom. The van der Waals surface area contributed by atoms with Gasteiger partial charge in [0.2, 0.25) is 0 Å². The lowest BCUT2D eigenvalue weighted by atomic mass is 10.1. The number of hydrogen-bond donors (Lipinski definition) is 1. The molecule has 0 radical (unpaired) electrons. The number of ether oxygens (including phenoxy) is 2. The van der Waals surface area contributed by atoms with Gasteiger partial charge in [-0.25, -0.2) is 4.98 Å². The zero-order valence-electron chi connectivity index (χ0n) is 14.1. The number of thiazole rings is 1. The van der Waals surface area contributed by atoms with Crippen molar-refractivity contribution in [1.29, 1.82) is 0 Å². The minimum atomic E-state index is -0.0702. The molecular formula is C18H19N3O3S. The van der Waals surface area contributed by atoms with Crippen molar-refractivity contribution in [3.8, 4) is 11.5 Å². The number of nitrogens with zero attached hydrogens (tertiary/aromatic N) is 2. The van der Waals surface area contributed by atoms with E-state index < -0.39 is 0 Å². The lowest BCUT2D eigenvalue weighted by Crippen LogP contribution is -2.15. The zero-order chi connectivity index (χ0) is 17.4. The number of nitrogens with one attached hydrogen (secondary N) is 1. The third-order valence-electron chi connectivity index (χ3n) is 4.11. The van der Waals surface area contributed by atoms with Crippen molar-refractivity contribution in [3.63, 3.8) is 0 Å². The molecule has 7 heteroatoms. The van der Waals surface area contributed by atoms with E-state index in [0.717, 1.165) is 29.2 Å². The van der Waals surface area contributed by atoms with E-state index in [4.69, 9.17) is 9.47 Å². The minimum absolute atomic E-state index is 0.0702. The van der Waals surface area contributed by atoms with Gasteiger partial charge < -0.3 is 14.8 Å². The second kappa shape index (κ2) is 6.40. The van der Waals surface area contributed by atoms with Gasteiger partial charge in [-0.15, -0.1) is 11.3 Å². The van der Waals surface area contributed by atoms with Gasteiger partial charge in [0.15, 0.2) is 4.96 Å². The van der Waals surface area contributed by atoms with Crippen LogP contribution in [0, 0.1) is 0 Å². The Balaban J connectivity index is 1.61. The molecule has 0 amide bonds. The molecule has 0 spiro atoms. The van der Waals surface area contributed by atoms with Gasteiger partial charge in [0, 0.05) is 35.7 Å². The fraction of sp³-hybridized carbons (Fsp3) is 0.333. The molecule has 0 bridgehead atoms. The van der Waals surface area contributed by atoms with Crippen LogP contribution in [-0.2, 0) is 13.0 Å². The van der Waals surface area contributed by atoms with Crippen LogP contribution in [0.15, 0.2) is 34.6 Å². The Labute approximate surface area is 149 Å². The van der Waals surface area contributed by atoms with Crippen LogP contribution < -0.4 is 20.3 Å². The molecule has 0 saturated heterocycles. The zero-order valence-corrected chi connectivity index (χ0v) is 14.9. The Morgan fingerprint density at radius 2 is 2.32 bits per heavy atom. The molecular weight excluding hydrogens is 338 g/mol. The minimum Gasteiger partial charge on any atom is -0.492 e. The van der Waals surface area contributed by atoms with Crippen molar-refractivity contribution in [2.24, 2.45) is 0 Å². The first-order valence-corrected chi connectivity index (χ1v) is 9.18. The summed E-state index contributed by atoms with van der Waals surface area (Å²) in [6, 6.07) is 5.56. The smallest absolute Gasteiger partial charge is 0.258 e. The Bertz CT molecular complexity index is 979.